The molecule has 0 aliphatic rings. The minimum atomic E-state index is -0.187. The Kier molecular flexibility index (Phi) is 6.42. The molecule has 10 aromatic carbocycles. The van der Waals surface area contributed by atoms with E-state index in [0.29, 0.717) is 5.39 Å². The van der Waals surface area contributed by atoms with Gasteiger partial charge in [-0.3, -0.25) is 0 Å². The fourth-order valence-corrected chi connectivity index (χ4v) is 8.54. The van der Waals surface area contributed by atoms with Crippen molar-refractivity contribution in [2.45, 2.75) is 26.2 Å². The predicted molar refractivity (Wildman–Crippen MR) is 218 cm³/mol. The molecule has 0 spiro atoms. The number of fused-ring (bicyclic) bond motifs is 3. The second-order valence-electron chi connectivity index (χ2n) is 15.0. The largest absolute Gasteiger partial charge is 0.206 e. The van der Waals surface area contributed by atoms with Gasteiger partial charge in [-0.15, -0.1) is 0 Å². The fourth-order valence-electron chi connectivity index (χ4n) is 8.54. The van der Waals surface area contributed by atoms with E-state index in [1.165, 1.54) is 81.7 Å². The monoisotopic (exact) mass is 654 g/mol. The van der Waals surface area contributed by atoms with Gasteiger partial charge in [-0.1, -0.05) is 148 Å². The van der Waals surface area contributed by atoms with Gasteiger partial charge in [0.05, 0.1) is 0 Å². The van der Waals surface area contributed by atoms with Crippen LogP contribution in [0.25, 0.3) is 98.0 Å². The zero-order chi connectivity index (χ0) is 34.4. The summed E-state index contributed by atoms with van der Waals surface area (Å²) in [5.74, 6) is -0.187. The topological polar surface area (TPSA) is 0 Å². The van der Waals surface area contributed by atoms with Crippen molar-refractivity contribution in [3.8, 4) is 33.4 Å². The average molecular weight is 655 g/mol. The van der Waals surface area contributed by atoms with Crippen LogP contribution < -0.4 is 0 Å². The molecule has 0 heterocycles. The molecule has 10 rings (SSSR count). The van der Waals surface area contributed by atoms with Gasteiger partial charge in [0.25, 0.3) is 0 Å². The Bertz CT molecular complexity index is 2870. The van der Waals surface area contributed by atoms with E-state index in [9.17, 15) is 4.39 Å². The maximum atomic E-state index is 14.7. The molecule has 0 unspecified atom stereocenters. The van der Waals surface area contributed by atoms with Gasteiger partial charge in [-0.25, -0.2) is 4.39 Å². The molecular formula is C50H35F. The number of hydrogen-bond acceptors (Lipinski definition) is 0. The Labute approximate surface area is 296 Å². The van der Waals surface area contributed by atoms with Gasteiger partial charge in [0.2, 0.25) is 0 Å². The number of benzene rings is 10. The lowest BCUT2D eigenvalue weighted by molar-refractivity contribution is 0.590. The minimum Gasteiger partial charge on any atom is -0.206 e. The van der Waals surface area contributed by atoms with Crippen molar-refractivity contribution in [3.05, 3.63) is 169 Å². The first kappa shape index (κ1) is 29.8. The molecule has 0 fully saturated rings. The van der Waals surface area contributed by atoms with Crippen molar-refractivity contribution >= 4 is 64.6 Å². The van der Waals surface area contributed by atoms with Gasteiger partial charge in [0, 0.05) is 5.39 Å². The summed E-state index contributed by atoms with van der Waals surface area (Å²) in [6, 6.07) is 56.6. The van der Waals surface area contributed by atoms with E-state index in [-0.39, 0.29) is 11.2 Å². The highest BCUT2D eigenvalue weighted by Gasteiger charge is 2.20. The maximum Gasteiger partial charge on any atom is 0.131 e. The van der Waals surface area contributed by atoms with Crippen molar-refractivity contribution in [1.82, 2.24) is 0 Å². The lowest BCUT2D eigenvalue weighted by Crippen LogP contribution is -2.10. The van der Waals surface area contributed by atoms with Crippen molar-refractivity contribution in [2.75, 3.05) is 0 Å². The van der Waals surface area contributed by atoms with Crippen LogP contribution in [-0.2, 0) is 5.41 Å². The molecule has 0 atom stereocenters. The second-order valence-corrected chi connectivity index (χ2v) is 15.0. The van der Waals surface area contributed by atoms with E-state index in [2.05, 4.69) is 142 Å². The van der Waals surface area contributed by atoms with E-state index in [1.54, 1.807) is 6.07 Å². The standard InChI is InChI=1S/C50H35F/c1-50(2,3)37-22-20-30(21-23-37)48-41-12-6-8-14-43(41)49(44-15-9-7-13-42(44)48)36-28-33-18-16-31-26-35(27-32-17-19-34(29-36)47(33)46(31)32)38-24-25-45(51)40-11-5-4-10-39(38)40/h4-29H,1-3H3. The van der Waals surface area contributed by atoms with Crippen LogP contribution in [0.5, 0.6) is 0 Å². The summed E-state index contributed by atoms with van der Waals surface area (Å²) in [6.07, 6.45) is 0. The highest BCUT2D eigenvalue weighted by Crippen LogP contribution is 2.46. The van der Waals surface area contributed by atoms with Gasteiger partial charge in [-0.05, 0) is 134 Å². The van der Waals surface area contributed by atoms with Crippen LogP contribution in [0.2, 0.25) is 0 Å². The van der Waals surface area contributed by atoms with E-state index in [4.69, 9.17) is 0 Å². The van der Waals surface area contributed by atoms with E-state index in [1.807, 2.05) is 30.3 Å². The van der Waals surface area contributed by atoms with Crippen LogP contribution in [0.1, 0.15) is 26.3 Å². The molecule has 0 radical (unpaired) electrons. The van der Waals surface area contributed by atoms with Gasteiger partial charge >= 0.3 is 0 Å². The summed E-state index contributed by atoms with van der Waals surface area (Å²) >= 11 is 0. The van der Waals surface area contributed by atoms with Crippen molar-refractivity contribution in [1.29, 1.82) is 0 Å². The van der Waals surface area contributed by atoms with Crippen LogP contribution in [0.4, 0.5) is 4.39 Å². The van der Waals surface area contributed by atoms with Crippen LogP contribution in [0.3, 0.4) is 0 Å². The smallest absolute Gasteiger partial charge is 0.131 e. The Morgan fingerprint density at radius 3 is 1.25 bits per heavy atom. The van der Waals surface area contributed by atoms with Crippen LogP contribution in [0, 0.1) is 5.82 Å². The van der Waals surface area contributed by atoms with E-state index < -0.39 is 0 Å². The quantitative estimate of drug-likeness (QED) is 0.131. The molecule has 0 amide bonds. The van der Waals surface area contributed by atoms with E-state index in [0.717, 1.165) is 16.5 Å². The van der Waals surface area contributed by atoms with Crippen molar-refractivity contribution in [2.24, 2.45) is 0 Å². The number of halogens is 1. The van der Waals surface area contributed by atoms with Gasteiger partial charge in [0.1, 0.15) is 5.82 Å². The molecule has 0 N–H and O–H groups in total. The lowest BCUT2D eigenvalue weighted by Gasteiger charge is -2.21. The third-order valence-corrected chi connectivity index (χ3v) is 11.0. The Balaban J connectivity index is 1.19. The Hall–Kier alpha value is -6.05. The highest BCUT2D eigenvalue weighted by molar-refractivity contribution is 6.27. The van der Waals surface area contributed by atoms with Crippen LogP contribution >= 0.6 is 0 Å². The molecule has 51 heavy (non-hydrogen) atoms. The number of hydrogen-bond donors (Lipinski definition) is 0. The van der Waals surface area contributed by atoms with Gasteiger partial charge in [-0.2, -0.15) is 0 Å². The molecule has 0 saturated heterocycles. The summed E-state index contributed by atoms with van der Waals surface area (Å²) in [6.45, 7) is 6.80. The molecule has 0 aromatic heterocycles. The first-order valence-corrected chi connectivity index (χ1v) is 17.8. The summed E-state index contributed by atoms with van der Waals surface area (Å²) in [5, 5.41) is 14.0. The highest BCUT2D eigenvalue weighted by atomic mass is 19.1. The van der Waals surface area contributed by atoms with Crippen molar-refractivity contribution < 1.29 is 4.39 Å². The maximum absolute atomic E-state index is 14.7. The molecule has 10 aromatic rings. The summed E-state index contributed by atoms with van der Waals surface area (Å²) in [7, 11) is 0. The summed E-state index contributed by atoms with van der Waals surface area (Å²) in [4.78, 5) is 0. The molecule has 1 heteroatoms. The third-order valence-electron chi connectivity index (χ3n) is 11.0. The minimum absolute atomic E-state index is 0.100. The fraction of sp³-hybridized carbons (Fsp3) is 0.0800. The summed E-state index contributed by atoms with van der Waals surface area (Å²) in [5.41, 5.74) is 8.61. The molecule has 0 bridgehead atoms. The van der Waals surface area contributed by atoms with Crippen LogP contribution in [-0.4, -0.2) is 0 Å². The molecule has 0 aliphatic heterocycles. The molecule has 242 valence electrons. The normalized spacial score (nSPS) is 12.3. The molecule has 0 aliphatic carbocycles. The SMILES string of the molecule is CC(C)(C)c1ccc(-c2c3ccccc3c(-c3cc4ccc5cc(-c6ccc(F)c7ccccc67)cc6ccc(c3)c4c56)c3ccccc23)cc1. The lowest BCUT2D eigenvalue weighted by atomic mass is 9.83. The van der Waals surface area contributed by atoms with E-state index >= 15 is 0 Å². The zero-order valence-corrected chi connectivity index (χ0v) is 28.9. The molecule has 0 saturated carbocycles. The Morgan fingerprint density at radius 2 is 0.784 bits per heavy atom. The molecule has 0 nitrogen and oxygen atoms in total. The predicted octanol–water partition coefficient (Wildman–Crippen LogP) is 14.5. The first-order valence-electron chi connectivity index (χ1n) is 17.8. The van der Waals surface area contributed by atoms with Crippen LogP contribution in [0.15, 0.2) is 158 Å². The average Bonchev–Trinajstić information content (AvgIpc) is 3.15. The third kappa shape index (κ3) is 4.58. The summed E-state index contributed by atoms with van der Waals surface area (Å²) < 4.78 is 14.7. The molecular weight excluding hydrogens is 620 g/mol. The van der Waals surface area contributed by atoms with Gasteiger partial charge in [0.15, 0.2) is 0 Å². The van der Waals surface area contributed by atoms with Crippen molar-refractivity contribution in [3.63, 3.8) is 0 Å². The number of rotatable bonds is 3. The first-order chi connectivity index (χ1) is 24.8. The second kappa shape index (κ2) is 11.0. The Morgan fingerprint density at radius 1 is 0.373 bits per heavy atom. The zero-order valence-electron chi connectivity index (χ0n) is 28.9. The van der Waals surface area contributed by atoms with Gasteiger partial charge < -0.3 is 0 Å².